The van der Waals surface area contributed by atoms with Gasteiger partial charge in [-0.3, -0.25) is 4.90 Å². The highest BCUT2D eigenvalue weighted by Crippen LogP contribution is 2.50. The smallest absolute Gasteiger partial charge is 0.123 e. The van der Waals surface area contributed by atoms with E-state index in [9.17, 15) is 8.78 Å². The van der Waals surface area contributed by atoms with Crippen molar-refractivity contribution in [2.75, 3.05) is 7.05 Å². The summed E-state index contributed by atoms with van der Waals surface area (Å²) in [7, 11) is 2.21. The molecule has 23 heavy (non-hydrogen) atoms. The van der Waals surface area contributed by atoms with Crippen molar-refractivity contribution in [3.05, 3.63) is 71.3 Å². The SMILES string of the molecule is CN1C2CCC1C(c1ccc(F)cc1)[C@H](c1ccc(F)cc1)C2. The summed E-state index contributed by atoms with van der Waals surface area (Å²) in [4.78, 5) is 2.49. The number of likely N-dealkylation sites (N-methyl/N-ethyl adjacent to an activating group) is 1. The van der Waals surface area contributed by atoms with Gasteiger partial charge in [-0.15, -0.1) is 0 Å². The Bertz CT molecular complexity index is 680. The zero-order valence-electron chi connectivity index (χ0n) is 13.3. The van der Waals surface area contributed by atoms with E-state index in [0.29, 0.717) is 23.9 Å². The first-order valence-electron chi connectivity index (χ1n) is 8.36. The van der Waals surface area contributed by atoms with Crippen LogP contribution in [0, 0.1) is 11.6 Å². The van der Waals surface area contributed by atoms with Crippen LogP contribution in [0.2, 0.25) is 0 Å². The van der Waals surface area contributed by atoms with Gasteiger partial charge in [0.05, 0.1) is 0 Å². The summed E-state index contributed by atoms with van der Waals surface area (Å²) in [5.74, 6) is 0.322. The second-order valence-corrected chi connectivity index (χ2v) is 6.94. The van der Waals surface area contributed by atoms with E-state index in [1.54, 1.807) is 24.3 Å². The molecule has 0 N–H and O–H groups in total. The van der Waals surface area contributed by atoms with Gasteiger partial charge in [0, 0.05) is 18.0 Å². The quantitative estimate of drug-likeness (QED) is 0.777. The summed E-state index contributed by atoms with van der Waals surface area (Å²) in [6, 6.07) is 15.0. The standard InChI is InChI=1S/C20H21F2N/c1-23-17-10-11-19(23)20(14-4-8-16(22)9-5-14)18(12-17)13-2-6-15(21)7-3-13/h2-9,17-20H,10-12H2,1H3/t17?,18-,19?,20?/m0/s1. The highest BCUT2D eigenvalue weighted by Gasteiger charge is 2.46. The van der Waals surface area contributed by atoms with Gasteiger partial charge in [-0.1, -0.05) is 24.3 Å². The van der Waals surface area contributed by atoms with Crippen molar-refractivity contribution in [2.24, 2.45) is 0 Å². The molecule has 2 aliphatic rings. The lowest BCUT2D eigenvalue weighted by Gasteiger charge is -2.43. The average molecular weight is 313 g/mol. The molecule has 3 unspecified atom stereocenters. The number of piperidine rings is 1. The van der Waals surface area contributed by atoms with Gasteiger partial charge in [-0.25, -0.2) is 8.78 Å². The van der Waals surface area contributed by atoms with E-state index < -0.39 is 0 Å². The van der Waals surface area contributed by atoms with E-state index in [1.807, 2.05) is 24.3 Å². The molecule has 0 radical (unpaired) electrons. The van der Waals surface area contributed by atoms with E-state index in [4.69, 9.17) is 0 Å². The molecule has 0 aromatic heterocycles. The third kappa shape index (κ3) is 2.57. The highest BCUT2D eigenvalue weighted by atomic mass is 19.1. The van der Waals surface area contributed by atoms with Gasteiger partial charge < -0.3 is 0 Å². The minimum atomic E-state index is -0.194. The molecule has 1 nitrogen and oxygen atoms in total. The topological polar surface area (TPSA) is 3.24 Å². The largest absolute Gasteiger partial charge is 0.300 e. The van der Waals surface area contributed by atoms with Crippen LogP contribution in [0.25, 0.3) is 0 Å². The van der Waals surface area contributed by atoms with Crippen LogP contribution in [0.3, 0.4) is 0 Å². The van der Waals surface area contributed by atoms with E-state index in [-0.39, 0.29) is 11.6 Å². The molecule has 3 heteroatoms. The maximum atomic E-state index is 13.3. The van der Waals surface area contributed by atoms with Crippen LogP contribution in [-0.4, -0.2) is 24.0 Å². The van der Waals surface area contributed by atoms with Crippen LogP contribution in [0.15, 0.2) is 48.5 Å². The molecular weight excluding hydrogens is 292 g/mol. The Hall–Kier alpha value is -1.74. The van der Waals surface area contributed by atoms with Crippen LogP contribution in [0.4, 0.5) is 8.78 Å². The third-order valence-corrected chi connectivity index (χ3v) is 5.82. The number of benzene rings is 2. The predicted molar refractivity (Wildman–Crippen MR) is 87.5 cm³/mol. The fraction of sp³-hybridized carbons (Fsp3) is 0.400. The molecule has 0 saturated carbocycles. The number of hydrogen-bond acceptors (Lipinski definition) is 1. The zero-order chi connectivity index (χ0) is 16.0. The Labute approximate surface area is 135 Å². The summed E-state index contributed by atoms with van der Waals surface area (Å²) < 4.78 is 26.6. The number of hydrogen-bond donors (Lipinski definition) is 0. The van der Waals surface area contributed by atoms with Gasteiger partial charge >= 0.3 is 0 Å². The minimum Gasteiger partial charge on any atom is -0.300 e. The van der Waals surface area contributed by atoms with Gasteiger partial charge in [-0.2, -0.15) is 0 Å². The summed E-state index contributed by atoms with van der Waals surface area (Å²) >= 11 is 0. The molecule has 2 saturated heterocycles. The first kappa shape index (κ1) is 14.8. The van der Waals surface area contributed by atoms with E-state index in [1.165, 1.54) is 24.0 Å². The number of nitrogens with zero attached hydrogens (tertiary/aromatic N) is 1. The van der Waals surface area contributed by atoms with Crippen LogP contribution < -0.4 is 0 Å². The van der Waals surface area contributed by atoms with E-state index in [0.717, 1.165) is 6.42 Å². The van der Waals surface area contributed by atoms with Gasteiger partial charge in [0.1, 0.15) is 11.6 Å². The number of halogens is 2. The van der Waals surface area contributed by atoms with Crippen LogP contribution in [-0.2, 0) is 0 Å². The molecule has 2 heterocycles. The Morgan fingerprint density at radius 2 is 1.39 bits per heavy atom. The third-order valence-electron chi connectivity index (χ3n) is 5.82. The van der Waals surface area contributed by atoms with E-state index in [2.05, 4.69) is 11.9 Å². The average Bonchev–Trinajstić information content (AvgIpc) is 2.80. The van der Waals surface area contributed by atoms with Crippen LogP contribution in [0.5, 0.6) is 0 Å². The molecule has 2 aliphatic heterocycles. The van der Waals surface area contributed by atoms with Gasteiger partial charge in [0.2, 0.25) is 0 Å². The molecule has 0 aliphatic carbocycles. The van der Waals surface area contributed by atoms with Crippen LogP contribution in [0.1, 0.15) is 42.2 Å². The lowest BCUT2D eigenvalue weighted by molar-refractivity contribution is 0.137. The van der Waals surface area contributed by atoms with Crippen molar-refractivity contribution in [3.8, 4) is 0 Å². The van der Waals surface area contributed by atoms with Gasteiger partial charge in [0.15, 0.2) is 0 Å². The van der Waals surface area contributed by atoms with E-state index >= 15 is 0 Å². The van der Waals surface area contributed by atoms with Crippen molar-refractivity contribution < 1.29 is 8.78 Å². The minimum absolute atomic E-state index is 0.192. The Morgan fingerprint density at radius 3 is 2.00 bits per heavy atom. The molecule has 2 bridgehead atoms. The normalized spacial score (nSPS) is 30.6. The fourth-order valence-electron chi connectivity index (χ4n) is 4.66. The maximum absolute atomic E-state index is 13.3. The van der Waals surface area contributed by atoms with Crippen molar-refractivity contribution in [1.29, 1.82) is 0 Å². The van der Waals surface area contributed by atoms with Crippen molar-refractivity contribution in [1.82, 2.24) is 4.90 Å². The maximum Gasteiger partial charge on any atom is 0.123 e. The summed E-state index contributed by atoms with van der Waals surface area (Å²) in [6.45, 7) is 0. The van der Waals surface area contributed by atoms with Crippen molar-refractivity contribution in [3.63, 3.8) is 0 Å². The molecule has 120 valence electrons. The molecule has 4 atom stereocenters. The van der Waals surface area contributed by atoms with Crippen molar-refractivity contribution >= 4 is 0 Å². The number of rotatable bonds is 2. The second-order valence-electron chi connectivity index (χ2n) is 6.94. The summed E-state index contributed by atoms with van der Waals surface area (Å²) in [6.07, 6.45) is 3.48. The lowest BCUT2D eigenvalue weighted by atomic mass is 9.73. The number of fused-ring (bicyclic) bond motifs is 2. The Balaban J connectivity index is 1.76. The van der Waals surface area contributed by atoms with Gasteiger partial charge in [0.25, 0.3) is 0 Å². The summed E-state index contributed by atoms with van der Waals surface area (Å²) in [5, 5.41) is 0. The first-order chi connectivity index (χ1) is 11.1. The molecule has 0 amide bonds. The lowest BCUT2D eigenvalue weighted by Crippen LogP contribution is -2.44. The Kier molecular flexibility index (Phi) is 3.68. The molecule has 0 spiro atoms. The molecule has 2 aromatic carbocycles. The molecule has 2 fully saturated rings. The Morgan fingerprint density at radius 1 is 0.826 bits per heavy atom. The zero-order valence-corrected chi connectivity index (χ0v) is 13.3. The first-order valence-corrected chi connectivity index (χ1v) is 8.36. The molecule has 4 rings (SSSR count). The van der Waals surface area contributed by atoms with Crippen molar-refractivity contribution in [2.45, 2.75) is 43.2 Å². The second kappa shape index (κ2) is 5.72. The monoisotopic (exact) mass is 313 g/mol. The highest BCUT2D eigenvalue weighted by molar-refractivity contribution is 5.33. The molecule has 2 aromatic rings. The summed E-state index contributed by atoms with van der Waals surface area (Å²) in [5.41, 5.74) is 2.39. The fourth-order valence-corrected chi connectivity index (χ4v) is 4.66. The molecular formula is C20H21F2N. The van der Waals surface area contributed by atoms with Gasteiger partial charge in [-0.05, 0) is 67.6 Å². The van der Waals surface area contributed by atoms with Crippen LogP contribution >= 0.6 is 0 Å². The predicted octanol–water partition coefficient (Wildman–Crippen LogP) is 4.70.